The number of aliphatic imine (C=N–C) groups is 1. The van der Waals surface area contributed by atoms with Crippen LogP contribution in [0, 0.1) is 18.8 Å². The first kappa shape index (κ1) is 18.8. The molecule has 0 radical (unpaired) electrons. The van der Waals surface area contributed by atoms with Crippen molar-refractivity contribution >= 4 is 11.9 Å². The molecule has 138 valence electrons. The summed E-state index contributed by atoms with van der Waals surface area (Å²) in [6.07, 6.45) is 6.29. The number of rotatable bonds is 7. The zero-order chi connectivity index (χ0) is 18.7. The van der Waals surface area contributed by atoms with E-state index >= 15 is 0 Å². The van der Waals surface area contributed by atoms with E-state index in [4.69, 9.17) is 14.5 Å². The standard InChI is InChI=1S/C23H29NO2/c1-6-25-23(26-7-2)22-19-13-12-18(21(19)15(3)4)20(22)14-24-17-10-8-16(5)9-11-17/h8-14,18-19,23H,6-7H2,1-5H3. The van der Waals surface area contributed by atoms with Crippen LogP contribution in [-0.2, 0) is 9.47 Å². The molecule has 2 aliphatic carbocycles. The van der Waals surface area contributed by atoms with Crippen LogP contribution < -0.4 is 0 Å². The zero-order valence-electron chi connectivity index (χ0n) is 16.5. The molecule has 2 atom stereocenters. The summed E-state index contributed by atoms with van der Waals surface area (Å²) in [5, 5.41) is 0. The predicted octanol–water partition coefficient (Wildman–Crippen LogP) is 5.55. The number of allylic oxidation sites excluding steroid dienone is 5. The van der Waals surface area contributed by atoms with Crippen molar-refractivity contribution in [2.24, 2.45) is 16.8 Å². The number of hydrogen-bond donors (Lipinski definition) is 0. The van der Waals surface area contributed by atoms with Gasteiger partial charge in [0.1, 0.15) is 0 Å². The summed E-state index contributed by atoms with van der Waals surface area (Å²) in [4.78, 5) is 4.74. The molecule has 0 aromatic heterocycles. The van der Waals surface area contributed by atoms with Gasteiger partial charge in [-0.25, -0.2) is 0 Å². The lowest BCUT2D eigenvalue weighted by atomic mass is 9.95. The third kappa shape index (κ3) is 3.60. The second kappa shape index (κ2) is 8.15. The lowest BCUT2D eigenvalue weighted by molar-refractivity contribution is -0.113. The molecule has 2 unspecified atom stereocenters. The van der Waals surface area contributed by atoms with Crippen LogP contribution in [0.3, 0.4) is 0 Å². The van der Waals surface area contributed by atoms with E-state index in [1.54, 1.807) is 0 Å². The molecule has 0 saturated carbocycles. The molecule has 0 saturated heterocycles. The second-order valence-electron chi connectivity index (χ2n) is 7.04. The van der Waals surface area contributed by atoms with E-state index in [9.17, 15) is 0 Å². The molecule has 0 aliphatic heterocycles. The van der Waals surface area contributed by atoms with Crippen LogP contribution in [0.5, 0.6) is 0 Å². The highest BCUT2D eigenvalue weighted by Crippen LogP contribution is 2.50. The van der Waals surface area contributed by atoms with Gasteiger partial charge in [0.25, 0.3) is 0 Å². The molecule has 0 heterocycles. The highest BCUT2D eigenvalue weighted by molar-refractivity contribution is 5.87. The number of nitrogens with zero attached hydrogens (tertiary/aromatic N) is 1. The first-order valence-corrected chi connectivity index (χ1v) is 9.50. The topological polar surface area (TPSA) is 30.8 Å². The molecule has 0 N–H and O–H groups in total. The number of benzene rings is 1. The van der Waals surface area contributed by atoms with Crippen molar-refractivity contribution in [3.05, 3.63) is 64.3 Å². The highest BCUT2D eigenvalue weighted by atomic mass is 16.7. The number of hydrogen-bond acceptors (Lipinski definition) is 3. The van der Waals surface area contributed by atoms with Gasteiger partial charge in [-0.05, 0) is 57.9 Å². The van der Waals surface area contributed by atoms with E-state index in [1.165, 1.54) is 27.9 Å². The molecular weight excluding hydrogens is 322 g/mol. The van der Waals surface area contributed by atoms with Gasteiger partial charge in [0.05, 0.1) is 5.69 Å². The maximum Gasteiger partial charge on any atom is 0.181 e. The van der Waals surface area contributed by atoms with Crippen molar-refractivity contribution < 1.29 is 9.47 Å². The van der Waals surface area contributed by atoms with Gasteiger partial charge < -0.3 is 9.47 Å². The Morgan fingerprint density at radius 1 is 1.04 bits per heavy atom. The van der Waals surface area contributed by atoms with Crippen LogP contribution in [-0.4, -0.2) is 25.7 Å². The van der Waals surface area contributed by atoms with Gasteiger partial charge in [0.2, 0.25) is 0 Å². The Hall–Kier alpha value is -1.97. The fourth-order valence-corrected chi connectivity index (χ4v) is 3.89. The number of ether oxygens (including phenoxy) is 2. The molecule has 1 aromatic rings. The maximum atomic E-state index is 5.95. The van der Waals surface area contributed by atoms with Crippen molar-refractivity contribution in [2.75, 3.05) is 13.2 Å². The average molecular weight is 351 g/mol. The lowest BCUT2D eigenvalue weighted by Crippen LogP contribution is -2.24. The summed E-state index contributed by atoms with van der Waals surface area (Å²) >= 11 is 0. The molecule has 0 fully saturated rings. The Morgan fingerprint density at radius 3 is 2.23 bits per heavy atom. The van der Waals surface area contributed by atoms with E-state index in [2.05, 4.69) is 57.2 Å². The van der Waals surface area contributed by atoms with Crippen molar-refractivity contribution in [1.29, 1.82) is 0 Å². The monoisotopic (exact) mass is 351 g/mol. The zero-order valence-corrected chi connectivity index (χ0v) is 16.5. The highest BCUT2D eigenvalue weighted by Gasteiger charge is 2.43. The molecule has 3 nitrogen and oxygen atoms in total. The first-order chi connectivity index (χ1) is 12.6. The molecule has 2 bridgehead atoms. The maximum absolute atomic E-state index is 5.95. The fourth-order valence-electron chi connectivity index (χ4n) is 3.89. The molecule has 3 rings (SSSR count). The van der Waals surface area contributed by atoms with Gasteiger partial charge in [0, 0.05) is 36.8 Å². The van der Waals surface area contributed by atoms with E-state index in [-0.39, 0.29) is 18.1 Å². The Kier molecular flexibility index (Phi) is 5.90. The van der Waals surface area contributed by atoms with E-state index < -0.39 is 0 Å². The van der Waals surface area contributed by atoms with Crippen LogP contribution in [0.15, 0.2) is 63.7 Å². The lowest BCUT2D eigenvalue weighted by Gasteiger charge is -2.23. The van der Waals surface area contributed by atoms with Crippen LogP contribution in [0.25, 0.3) is 0 Å². The Labute approximate surface area is 157 Å². The Balaban J connectivity index is 2.00. The van der Waals surface area contributed by atoms with Gasteiger partial charge >= 0.3 is 0 Å². The second-order valence-corrected chi connectivity index (χ2v) is 7.04. The average Bonchev–Trinajstić information content (AvgIpc) is 3.17. The minimum absolute atomic E-state index is 0.271. The van der Waals surface area contributed by atoms with Gasteiger partial charge in [0.15, 0.2) is 6.29 Å². The molecule has 0 amide bonds. The minimum atomic E-state index is -0.307. The molecule has 0 spiro atoms. The van der Waals surface area contributed by atoms with Gasteiger partial charge in [-0.2, -0.15) is 0 Å². The number of fused-ring (bicyclic) bond motifs is 2. The smallest absolute Gasteiger partial charge is 0.181 e. The summed E-state index contributed by atoms with van der Waals surface area (Å²) in [7, 11) is 0. The predicted molar refractivity (Wildman–Crippen MR) is 108 cm³/mol. The molecular formula is C23H29NO2. The molecule has 26 heavy (non-hydrogen) atoms. The Morgan fingerprint density at radius 2 is 1.65 bits per heavy atom. The van der Waals surface area contributed by atoms with Gasteiger partial charge in [-0.3, -0.25) is 4.99 Å². The van der Waals surface area contributed by atoms with Crippen LogP contribution in [0.1, 0.15) is 33.3 Å². The SMILES string of the molecule is CCOC(OCC)C1=C(C=Nc2ccc(C)cc2)C2C=CC1C2=C(C)C. The normalized spacial score (nSPS) is 21.7. The summed E-state index contributed by atoms with van der Waals surface area (Å²) < 4.78 is 11.9. The summed E-state index contributed by atoms with van der Waals surface area (Å²) in [5.41, 5.74) is 7.47. The summed E-state index contributed by atoms with van der Waals surface area (Å²) in [6.45, 7) is 11.7. The largest absolute Gasteiger partial charge is 0.349 e. The van der Waals surface area contributed by atoms with Crippen LogP contribution >= 0.6 is 0 Å². The third-order valence-electron chi connectivity index (χ3n) is 5.02. The van der Waals surface area contributed by atoms with E-state index in [0.29, 0.717) is 13.2 Å². The van der Waals surface area contributed by atoms with Gasteiger partial charge in [-0.1, -0.05) is 35.4 Å². The summed E-state index contributed by atoms with van der Waals surface area (Å²) in [5.74, 6) is 0.560. The third-order valence-corrected chi connectivity index (χ3v) is 5.02. The van der Waals surface area contributed by atoms with Crippen molar-refractivity contribution in [1.82, 2.24) is 0 Å². The van der Waals surface area contributed by atoms with Crippen LogP contribution in [0.2, 0.25) is 0 Å². The van der Waals surface area contributed by atoms with E-state index in [1.807, 2.05) is 20.1 Å². The summed E-state index contributed by atoms with van der Waals surface area (Å²) in [6, 6.07) is 8.29. The van der Waals surface area contributed by atoms with Crippen molar-refractivity contribution in [3.63, 3.8) is 0 Å². The van der Waals surface area contributed by atoms with Gasteiger partial charge in [-0.15, -0.1) is 0 Å². The quantitative estimate of drug-likeness (QED) is 0.366. The van der Waals surface area contributed by atoms with Crippen molar-refractivity contribution in [2.45, 2.75) is 40.9 Å². The molecule has 2 aliphatic rings. The Bertz CT molecular complexity index is 758. The minimum Gasteiger partial charge on any atom is -0.349 e. The van der Waals surface area contributed by atoms with E-state index in [0.717, 1.165) is 5.69 Å². The first-order valence-electron chi connectivity index (χ1n) is 9.50. The number of aryl methyl sites for hydroxylation is 1. The molecule has 1 aromatic carbocycles. The van der Waals surface area contributed by atoms with Crippen molar-refractivity contribution in [3.8, 4) is 0 Å². The van der Waals surface area contributed by atoms with Crippen LogP contribution in [0.4, 0.5) is 5.69 Å². The molecule has 3 heteroatoms. The fraction of sp³-hybridized carbons (Fsp3) is 0.435.